The van der Waals surface area contributed by atoms with Gasteiger partial charge < -0.3 is 9.64 Å². The van der Waals surface area contributed by atoms with E-state index in [-0.39, 0.29) is 11.9 Å². The molecule has 1 aromatic carbocycles. The fraction of sp³-hybridized carbons (Fsp3) is 0.429. The number of piperidine rings is 1. The molecule has 1 fully saturated rings. The van der Waals surface area contributed by atoms with E-state index in [1.807, 2.05) is 12.1 Å². The lowest BCUT2D eigenvalue weighted by molar-refractivity contribution is -0.147. The average Bonchev–Trinajstić information content (AvgIpc) is 2.46. The van der Waals surface area contributed by atoms with Gasteiger partial charge >= 0.3 is 5.97 Å². The summed E-state index contributed by atoms with van der Waals surface area (Å²) < 4.78 is 5.87. The van der Waals surface area contributed by atoms with Crippen LogP contribution in [0.25, 0.3) is 0 Å². The van der Waals surface area contributed by atoms with Crippen molar-refractivity contribution in [1.29, 1.82) is 0 Å². The minimum atomic E-state index is -0.439. The number of ether oxygens (including phenoxy) is 1. The number of carbonyl (C=O) groups is 2. The van der Waals surface area contributed by atoms with Crippen molar-refractivity contribution in [3.05, 3.63) is 33.4 Å². The van der Waals surface area contributed by atoms with E-state index in [2.05, 4.69) is 22.6 Å². The van der Waals surface area contributed by atoms with Gasteiger partial charge in [0, 0.05) is 15.7 Å². The fourth-order valence-corrected chi connectivity index (χ4v) is 2.67. The number of likely N-dealkylation sites (tertiary alicyclic amines) is 1. The maximum Gasteiger partial charge on any atom is 0.328 e. The molecule has 1 amide bonds. The summed E-state index contributed by atoms with van der Waals surface area (Å²) in [6.07, 6.45) is 2.57. The van der Waals surface area contributed by atoms with Gasteiger partial charge in [0.15, 0.2) is 0 Å². The first-order valence-electron chi connectivity index (χ1n) is 6.28. The van der Waals surface area contributed by atoms with Crippen molar-refractivity contribution in [3.8, 4) is 0 Å². The molecule has 1 saturated heterocycles. The molecule has 4 nitrogen and oxygen atoms in total. The Morgan fingerprint density at radius 1 is 1.26 bits per heavy atom. The Morgan fingerprint density at radius 3 is 2.58 bits per heavy atom. The standard InChI is InChI=1S/C14H16INO3/c1-19-14(18)12-4-2-3-9-16(12)13(17)10-5-7-11(15)8-6-10/h5-8,12H,2-4,9H2,1H3. The second-order valence-electron chi connectivity index (χ2n) is 4.54. The van der Waals surface area contributed by atoms with Gasteiger partial charge in [0.25, 0.3) is 5.91 Å². The minimum absolute atomic E-state index is 0.0912. The zero-order chi connectivity index (χ0) is 13.8. The van der Waals surface area contributed by atoms with E-state index in [9.17, 15) is 9.59 Å². The Bertz CT molecular complexity index is 472. The molecule has 5 heteroatoms. The van der Waals surface area contributed by atoms with E-state index in [4.69, 9.17) is 4.74 Å². The third kappa shape index (κ3) is 3.26. The van der Waals surface area contributed by atoms with Crippen molar-refractivity contribution in [3.63, 3.8) is 0 Å². The van der Waals surface area contributed by atoms with E-state index in [0.29, 0.717) is 18.5 Å². The largest absolute Gasteiger partial charge is 0.467 e. The topological polar surface area (TPSA) is 46.6 Å². The summed E-state index contributed by atoms with van der Waals surface area (Å²) >= 11 is 2.20. The van der Waals surface area contributed by atoms with Gasteiger partial charge in [0.05, 0.1) is 7.11 Å². The van der Waals surface area contributed by atoms with Gasteiger partial charge in [-0.2, -0.15) is 0 Å². The van der Waals surface area contributed by atoms with Crippen molar-refractivity contribution in [2.45, 2.75) is 25.3 Å². The number of benzene rings is 1. The molecule has 1 atom stereocenters. The molecule has 0 radical (unpaired) electrons. The van der Waals surface area contributed by atoms with Crippen LogP contribution in [0.3, 0.4) is 0 Å². The second-order valence-corrected chi connectivity index (χ2v) is 5.79. The number of halogens is 1. The lowest BCUT2D eigenvalue weighted by atomic mass is 10.0. The van der Waals surface area contributed by atoms with Crippen LogP contribution in [0.1, 0.15) is 29.6 Å². The maximum absolute atomic E-state index is 12.5. The molecule has 1 heterocycles. The normalized spacial score (nSPS) is 19.1. The molecule has 0 aliphatic carbocycles. The number of hydrogen-bond acceptors (Lipinski definition) is 3. The van der Waals surface area contributed by atoms with Crippen LogP contribution in [-0.4, -0.2) is 36.5 Å². The molecule has 0 spiro atoms. The van der Waals surface area contributed by atoms with E-state index >= 15 is 0 Å². The first-order chi connectivity index (χ1) is 9.13. The summed E-state index contributed by atoms with van der Waals surface area (Å²) in [6, 6.07) is 6.95. The highest BCUT2D eigenvalue weighted by molar-refractivity contribution is 14.1. The van der Waals surface area contributed by atoms with E-state index in [1.54, 1.807) is 17.0 Å². The molecular weight excluding hydrogens is 357 g/mol. The Labute approximate surface area is 126 Å². The molecular formula is C14H16INO3. The molecule has 1 aliphatic rings. The van der Waals surface area contributed by atoms with Crippen LogP contribution in [0.15, 0.2) is 24.3 Å². The zero-order valence-electron chi connectivity index (χ0n) is 10.8. The van der Waals surface area contributed by atoms with E-state index < -0.39 is 6.04 Å². The van der Waals surface area contributed by atoms with Crippen molar-refractivity contribution in [1.82, 2.24) is 4.90 Å². The number of amides is 1. The fourth-order valence-electron chi connectivity index (χ4n) is 2.31. The highest BCUT2D eigenvalue weighted by Gasteiger charge is 2.33. The number of carbonyl (C=O) groups excluding carboxylic acids is 2. The highest BCUT2D eigenvalue weighted by Crippen LogP contribution is 2.21. The third-order valence-electron chi connectivity index (χ3n) is 3.33. The second kappa shape index (κ2) is 6.36. The molecule has 0 N–H and O–H groups in total. The maximum atomic E-state index is 12.5. The highest BCUT2D eigenvalue weighted by atomic mass is 127. The number of nitrogens with zero attached hydrogens (tertiary/aromatic N) is 1. The molecule has 0 aromatic heterocycles. The van der Waals surface area contributed by atoms with Gasteiger partial charge in [-0.3, -0.25) is 4.79 Å². The Morgan fingerprint density at radius 2 is 1.95 bits per heavy atom. The summed E-state index contributed by atoms with van der Waals surface area (Å²) in [7, 11) is 1.37. The molecule has 0 bridgehead atoms. The quantitative estimate of drug-likeness (QED) is 0.591. The van der Waals surface area contributed by atoms with Crippen LogP contribution in [0.5, 0.6) is 0 Å². The van der Waals surface area contributed by atoms with Crippen molar-refractivity contribution in [2.75, 3.05) is 13.7 Å². The van der Waals surface area contributed by atoms with Crippen LogP contribution in [0, 0.1) is 3.57 Å². The van der Waals surface area contributed by atoms with Gasteiger partial charge in [0.1, 0.15) is 6.04 Å². The number of hydrogen-bond donors (Lipinski definition) is 0. The summed E-state index contributed by atoms with van der Waals surface area (Å²) in [5.41, 5.74) is 0.621. The number of esters is 1. The molecule has 2 rings (SSSR count). The van der Waals surface area contributed by atoms with E-state index in [0.717, 1.165) is 16.4 Å². The molecule has 0 saturated carbocycles. The van der Waals surface area contributed by atoms with E-state index in [1.165, 1.54) is 7.11 Å². The smallest absolute Gasteiger partial charge is 0.328 e. The summed E-state index contributed by atoms with van der Waals surface area (Å²) in [6.45, 7) is 0.616. The molecule has 102 valence electrons. The Hall–Kier alpha value is -1.11. The molecule has 1 aliphatic heterocycles. The van der Waals surface area contributed by atoms with Crippen LogP contribution in [0.2, 0.25) is 0 Å². The molecule has 1 unspecified atom stereocenters. The van der Waals surface area contributed by atoms with Crippen molar-refractivity contribution < 1.29 is 14.3 Å². The van der Waals surface area contributed by atoms with Gasteiger partial charge in [-0.1, -0.05) is 0 Å². The van der Waals surface area contributed by atoms with Crippen molar-refractivity contribution >= 4 is 34.5 Å². The first-order valence-corrected chi connectivity index (χ1v) is 7.35. The zero-order valence-corrected chi connectivity index (χ0v) is 12.9. The molecule has 1 aromatic rings. The van der Waals surface area contributed by atoms with Crippen LogP contribution in [-0.2, 0) is 9.53 Å². The predicted molar refractivity (Wildman–Crippen MR) is 79.9 cm³/mol. The van der Waals surface area contributed by atoms with Crippen LogP contribution < -0.4 is 0 Å². The van der Waals surface area contributed by atoms with Crippen LogP contribution in [0.4, 0.5) is 0 Å². The predicted octanol–water partition coefficient (Wildman–Crippen LogP) is 2.46. The summed E-state index contributed by atoms with van der Waals surface area (Å²) in [5, 5.41) is 0. The number of methoxy groups -OCH3 is 1. The average molecular weight is 373 g/mol. The SMILES string of the molecule is COC(=O)C1CCCCN1C(=O)c1ccc(I)cc1. The van der Waals surface area contributed by atoms with Crippen LogP contribution >= 0.6 is 22.6 Å². The lowest BCUT2D eigenvalue weighted by Crippen LogP contribution is -2.48. The molecule has 19 heavy (non-hydrogen) atoms. The Balaban J connectivity index is 2.20. The van der Waals surface area contributed by atoms with Gasteiger partial charge in [0.2, 0.25) is 0 Å². The monoisotopic (exact) mass is 373 g/mol. The lowest BCUT2D eigenvalue weighted by Gasteiger charge is -2.33. The third-order valence-corrected chi connectivity index (χ3v) is 4.05. The first kappa shape index (κ1) is 14.3. The van der Waals surface area contributed by atoms with Gasteiger partial charge in [-0.15, -0.1) is 0 Å². The van der Waals surface area contributed by atoms with Crippen molar-refractivity contribution in [2.24, 2.45) is 0 Å². The Kier molecular flexibility index (Phi) is 4.79. The summed E-state index contributed by atoms with van der Waals surface area (Å²) in [5.74, 6) is -0.412. The minimum Gasteiger partial charge on any atom is -0.467 e. The number of rotatable bonds is 2. The summed E-state index contributed by atoms with van der Waals surface area (Å²) in [4.78, 5) is 25.8. The van der Waals surface area contributed by atoms with Gasteiger partial charge in [-0.05, 0) is 66.1 Å². The van der Waals surface area contributed by atoms with Gasteiger partial charge in [-0.25, -0.2) is 4.79 Å².